The smallest absolute Gasteiger partial charge is 0.328 e. The summed E-state index contributed by atoms with van der Waals surface area (Å²) in [6.45, 7) is 5.35. The first kappa shape index (κ1) is 14.3. The second kappa shape index (κ2) is 6.04. The van der Waals surface area contributed by atoms with Gasteiger partial charge in [-0.15, -0.1) is 0 Å². The predicted octanol–water partition coefficient (Wildman–Crippen LogP) is 2.15. The molecule has 0 heterocycles. The highest BCUT2D eigenvalue weighted by molar-refractivity contribution is 7.60. The van der Waals surface area contributed by atoms with Crippen molar-refractivity contribution >= 4 is 15.0 Å². The molecule has 5 nitrogen and oxygen atoms in total. The molecule has 0 radical (unpaired) electrons. The summed E-state index contributed by atoms with van der Waals surface area (Å²) >= 11 is 0. The highest BCUT2D eigenvalue weighted by atomic mass is 31.2. The SMILES string of the molecule is CCOP(C)(=O)CCP(=O)(O)OCC. The van der Waals surface area contributed by atoms with Crippen LogP contribution in [0.1, 0.15) is 13.8 Å². The van der Waals surface area contributed by atoms with Crippen LogP contribution in [0, 0.1) is 0 Å². The first-order chi connectivity index (χ1) is 6.33. The van der Waals surface area contributed by atoms with E-state index in [-0.39, 0.29) is 18.9 Å². The first-order valence-electron chi connectivity index (χ1n) is 4.50. The monoisotopic (exact) mass is 244 g/mol. The minimum absolute atomic E-state index is 0.0780. The van der Waals surface area contributed by atoms with Crippen molar-refractivity contribution in [1.82, 2.24) is 0 Å². The van der Waals surface area contributed by atoms with Crippen LogP contribution in [0.2, 0.25) is 0 Å². The Balaban J connectivity index is 4.04. The molecule has 0 aromatic rings. The van der Waals surface area contributed by atoms with Crippen LogP contribution < -0.4 is 0 Å². The van der Waals surface area contributed by atoms with E-state index in [1.807, 2.05) is 0 Å². The van der Waals surface area contributed by atoms with Crippen LogP contribution in [0.4, 0.5) is 0 Å². The lowest BCUT2D eigenvalue weighted by Gasteiger charge is -2.15. The van der Waals surface area contributed by atoms with Crippen LogP contribution in [0.3, 0.4) is 0 Å². The lowest BCUT2D eigenvalue weighted by molar-refractivity contribution is 0.274. The van der Waals surface area contributed by atoms with Crippen LogP contribution in [0.25, 0.3) is 0 Å². The molecule has 14 heavy (non-hydrogen) atoms. The van der Waals surface area contributed by atoms with Crippen molar-refractivity contribution in [2.45, 2.75) is 13.8 Å². The fraction of sp³-hybridized carbons (Fsp3) is 1.00. The van der Waals surface area contributed by atoms with E-state index in [1.54, 1.807) is 13.8 Å². The van der Waals surface area contributed by atoms with Gasteiger partial charge in [-0.3, -0.25) is 9.13 Å². The van der Waals surface area contributed by atoms with Gasteiger partial charge in [-0.05, 0) is 13.8 Å². The van der Waals surface area contributed by atoms with Gasteiger partial charge in [0.2, 0.25) is 7.37 Å². The molecule has 0 saturated carbocycles. The Morgan fingerprint density at radius 3 is 2.00 bits per heavy atom. The van der Waals surface area contributed by atoms with E-state index in [2.05, 4.69) is 4.52 Å². The minimum atomic E-state index is -3.56. The Hall–Kier alpha value is 0.340. The molecule has 2 atom stereocenters. The normalized spacial score (nSPS) is 20.0. The van der Waals surface area contributed by atoms with E-state index in [4.69, 9.17) is 4.52 Å². The standard InChI is InChI=1S/C7H18O5P2/c1-4-11-13(3,8)6-7-14(9,10)12-5-2/h4-7H2,1-3H3,(H,9,10). The molecule has 0 spiro atoms. The summed E-state index contributed by atoms with van der Waals surface area (Å²) in [5.74, 6) is 0. The zero-order valence-electron chi connectivity index (χ0n) is 8.80. The van der Waals surface area contributed by atoms with Crippen molar-refractivity contribution in [3.63, 3.8) is 0 Å². The van der Waals surface area contributed by atoms with E-state index in [0.717, 1.165) is 0 Å². The molecule has 0 aromatic heterocycles. The molecule has 0 fully saturated rings. The number of hydrogen-bond acceptors (Lipinski definition) is 4. The van der Waals surface area contributed by atoms with Crippen LogP contribution in [0.15, 0.2) is 0 Å². The van der Waals surface area contributed by atoms with E-state index in [1.165, 1.54) is 6.66 Å². The zero-order chi connectivity index (χ0) is 11.2. The molecule has 0 aliphatic carbocycles. The highest BCUT2D eigenvalue weighted by Gasteiger charge is 2.24. The van der Waals surface area contributed by atoms with Crippen molar-refractivity contribution in [2.24, 2.45) is 0 Å². The largest absolute Gasteiger partial charge is 0.329 e. The fourth-order valence-corrected chi connectivity index (χ4v) is 4.58. The Morgan fingerprint density at radius 1 is 1.07 bits per heavy atom. The van der Waals surface area contributed by atoms with Gasteiger partial charge in [0.1, 0.15) is 0 Å². The third-order valence-electron chi connectivity index (χ3n) is 1.52. The van der Waals surface area contributed by atoms with Gasteiger partial charge in [0.15, 0.2) is 0 Å². The number of hydrogen-bond donors (Lipinski definition) is 1. The van der Waals surface area contributed by atoms with E-state index >= 15 is 0 Å². The van der Waals surface area contributed by atoms with E-state index in [9.17, 15) is 14.0 Å². The molecule has 0 aromatic carbocycles. The summed E-state index contributed by atoms with van der Waals surface area (Å²) in [6.07, 6.45) is -0.0385. The van der Waals surface area contributed by atoms with Gasteiger partial charge in [-0.2, -0.15) is 0 Å². The third kappa shape index (κ3) is 6.74. The van der Waals surface area contributed by atoms with Crippen molar-refractivity contribution in [1.29, 1.82) is 0 Å². The molecule has 0 amide bonds. The Bertz CT molecular complexity index is 226. The van der Waals surface area contributed by atoms with E-state index < -0.39 is 15.0 Å². The Morgan fingerprint density at radius 2 is 1.57 bits per heavy atom. The summed E-state index contributed by atoms with van der Waals surface area (Å²) in [7, 11) is -6.29. The molecule has 0 aliphatic rings. The fourth-order valence-electron chi connectivity index (χ4n) is 0.912. The van der Waals surface area contributed by atoms with Crippen LogP contribution in [-0.2, 0) is 18.2 Å². The maximum Gasteiger partial charge on any atom is 0.328 e. The predicted molar refractivity (Wildman–Crippen MR) is 56.3 cm³/mol. The zero-order valence-corrected chi connectivity index (χ0v) is 10.6. The molecule has 0 aliphatic heterocycles. The van der Waals surface area contributed by atoms with Crippen molar-refractivity contribution in [3.8, 4) is 0 Å². The average Bonchev–Trinajstić information content (AvgIpc) is 2.01. The van der Waals surface area contributed by atoms with Gasteiger partial charge in [0.25, 0.3) is 0 Å². The molecule has 0 rings (SSSR count). The van der Waals surface area contributed by atoms with Crippen molar-refractivity contribution < 1.29 is 23.1 Å². The molecule has 86 valence electrons. The molecule has 2 unspecified atom stereocenters. The van der Waals surface area contributed by atoms with Crippen LogP contribution in [0.5, 0.6) is 0 Å². The van der Waals surface area contributed by atoms with Crippen molar-refractivity contribution in [3.05, 3.63) is 0 Å². The van der Waals surface area contributed by atoms with Crippen LogP contribution >= 0.6 is 15.0 Å². The van der Waals surface area contributed by atoms with Gasteiger partial charge < -0.3 is 13.9 Å². The van der Waals surface area contributed by atoms with Crippen LogP contribution in [-0.4, -0.2) is 37.1 Å². The summed E-state index contributed by atoms with van der Waals surface area (Å²) in [5, 5.41) is 0. The van der Waals surface area contributed by atoms with Gasteiger partial charge >= 0.3 is 7.60 Å². The van der Waals surface area contributed by atoms with Crippen molar-refractivity contribution in [2.75, 3.05) is 32.2 Å². The molecule has 1 N–H and O–H groups in total. The summed E-state index contributed by atoms with van der Waals surface area (Å²) in [4.78, 5) is 9.20. The second-order valence-electron chi connectivity index (χ2n) is 2.93. The molecular formula is C7H18O5P2. The summed E-state index contributed by atoms with van der Waals surface area (Å²) in [5.41, 5.74) is 0. The quantitative estimate of drug-likeness (QED) is 0.694. The Kier molecular flexibility index (Phi) is 6.19. The molecule has 0 saturated heterocycles. The maximum atomic E-state index is 11.6. The third-order valence-corrected chi connectivity index (χ3v) is 5.17. The van der Waals surface area contributed by atoms with Gasteiger partial charge in [-0.25, -0.2) is 0 Å². The molecule has 0 bridgehead atoms. The highest BCUT2D eigenvalue weighted by Crippen LogP contribution is 2.49. The Labute approximate surface area is 84.8 Å². The van der Waals surface area contributed by atoms with Gasteiger partial charge in [-0.1, -0.05) is 0 Å². The average molecular weight is 244 g/mol. The van der Waals surface area contributed by atoms with Gasteiger partial charge in [0.05, 0.1) is 19.4 Å². The summed E-state index contributed by atoms with van der Waals surface area (Å²) in [6, 6.07) is 0. The lowest BCUT2D eigenvalue weighted by atomic mass is 10.9. The lowest BCUT2D eigenvalue weighted by Crippen LogP contribution is -2.02. The van der Waals surface area contributed by atoms with Gasteiger partial charge in [0, 0.05) is 12.8 Å². The first-order valence-corrected chi connectivity index (χ1v) is 8.52. The van der Waals surface area contributed by atoms with E-state index in [0.29, 0.717) is 6.61 Å². The minimum Gasteiger partial charge on any atom is -0.329 e. The molecular weight excluding hydrogens is 226 g/mol. The number of rotatable bonds is 7. The molecule has 7 heteroatoms. The second-order valence-corrected chi connectivity index (χ2v) is 7.65. The maximum absolute atomic E-state index is 11.6. The topological polar surface area (TPSA) is 72.8 Å². The summed E-state index contributed by atoms with van der Waals surface area (Å²) < 4.78 is 32.4.